The molecule has 2 rings (SSSR count). The summed E-state index contributed by atoms with van der Waals surface area (Å²) >= 11 is 5.92. The van der Waals surface area contributed by atoms with Crippen LogP contribution in [0, 0.1) is 0 Å². The van der Waals surface area contributed by atoms with Crippen molar-refractivity contribution in [3.63, 3.8) is 0 Å². The average Bonchev–Trinajstić information content (AvgIpc) is 3.10. The molecule has 0 spiro atoms. The van der Waals surface area contributed by atoms with Gasteiger partial charge in [0.05, 0.1) is 17.8 Å². The molecule has 1 aliphatic rings. The number of carbonyl (C=O) groups is 4. The SMILES string of the molecule is CC(=O)OC[C@H]1O[C@@H](n2nncc2CCl)[C@H](OC(C)=O)[C@@H](OC(C)=O)[C@@H]1OC(C)=O. The van der Waals surface area contributed by atoms with Gasteiger partial charge >= 0.3 is 23.9 Å². The van der Waals surface area contributed by atoms with Crippen LogP contribution in [0.1, 0.15) is 39.6 Å². The quantitative estimate of drug-likeness (QED) is 0.322. The van der Waals surface area contributed by atoms with Gasteiger partial charge in [0.25, 0.3) is 0 Å². The number of aromatic nitrogens is 3. The smallest absolute Gasteiger partial charge is 0.303 e. The van der Waals surface area contributed by atoms with Crippen molar-refractivity contribution in [1.29, 1.82) is 0 Å². The molecule has 1 saturated heterocycles. The van der Waals surface area contributed by atoms with E-state index >= 15 is 0 Å². The third kappa shape index (κ3) is 5.89. The molecule has 1 aliphatic heterocycles. The molecule has 30 heavy (non-hydrogen) atoms. The molecule has 0 unspecified atom stereocenters. The van der Waals surface area contributed by atoms with Crippen LogP contribution in [0.5, 0.6) is 0 Å². The van der Waals surface area contributed by atoms with E-state index in [1.807, 2.05) is 0 Å². The Morgan fingerprint density at radius 3 is 2.07 bits per heavy atom. The van der Waals surface area contributed by atoms with Gasteiger partial charge < -0.3 is 23.7 Å². The van der Waals surface area contributed by atoms with Crippen LogP contribution in [0.25, 0.3) is 0 Å². The molecule has 166 valence electrons. The maximum absolute atomic E-state index is 11.8. The van der Waals surface area contributed by atoms with Crippen LogP contribution in [0.3, 0.4) is 0 Å². The van der Waals surface area contributed by atoms with Crippen molar-refractivity contribution in [2.24, 2.45) is 0 Å². The Kier molecular flexibility index (Phi) is 8.12. The van der Waals surface area contributed by atoms with E-state index in [1.54, 1.807) is 0 Å². The average molecular weight is 448 g/mol. The van der Waals surface area contributed by atoms with Gasteiger partial charge in [-0.3, -0.25) is 19.2 Å². The second-order valence-electron chi connectivity index (χ2n) is 6.39. The third-order valence-electron chi connectivity index (χ3n) is 3.99. The Balaban J connectivity index is 2.53. The number of rotatable bonds is 7. The first kappa shape index (κ1) is 23.5. The predicted octanol–water partition coefficient (Wildman–Crippen LogP) is 0.272. The Labute approximate surface area is 176 Å². The molecule has 0 saturated carbocycles. The normalized spacial score (nSPS) is 25.8. The molecule has 13 heteroatoms. The summed E-state index contributed by atoms with van der Waals surface area (Å²) in [5.41, 5.74) is 0.414. The highest BCUT2D eigenvalue weighted by Gasteiger charge is 2.53. The molecule has 0 amide bonds. The van der Waals surface area contributed by atoms with Gasteiger partial charge in [0.1, 0.15) is 12.7 Å². The topological polar surface area (TPSA) is 145 Å². The van der Waals surface area contributed by atoms with E-state index < -0.39 is 54.5 Å². The van der Waals surface area contributed by atoms with Crippen LogP contribution in [-0.4, -0.2) is 69.9 Å². The van der Waals surface area contributed by atoms with Crippen molar-refractivity contribution in [2.45, 2.75) is 64.2 Å². The summed E-state index contributed by atoms with van der Waals surface area (Å²) in [6, 6.07) is 0. The van der Waals surface area contributed by atoms with Gasteiger partial charge in [-0.25, -0.2) is 4.68 Å². The zero-order valence-electron chi connectivity index (χ0n) is 16.8. The van der Waals surface area contributed by atoms with Crippen LogP contribution in [0.15, 0.2) is 6.20 Å². The highest BCUT2D eigenvalue weighted by molar-refractivity contribution is 6.16. The number of ether oxygens (including phenoxy) is 5. The minimum atomic E-state index is -1.29. The lowest BCUT2D eigenvalue weighted by molar-refractivity contribution is -0.270. The van der Waals surface area contributed by atoms with Gasteiger partial charge in [-0.2, -0.15) is 0 Å². The van der Waals surface area contributed by atoms with E-state index in [2.05, 4.69) is 10.3 Å². The van der Waals surface area contributed by atoms with E-state index in [-0.39, 0.29) is 12.5 Å². The van der Waals surface area contributed by atoms with Gasteiger partial charge in [0.15, 0.2) is 24.5 Å². The fourth-order valence-corrected chi connectivity index (χ4v) is 3.17. The molecule has 1 fully saturated rings. The summed E-state index contributed by atoms with van der Waals surface area (Å²) in [6.45, 7) is 4.29. The van der Waals surface area contributed by atoms with Crippen molar-refractivity contribution >= 4 is 35.5 Å². The lowest BCUT2D eigenvalue weighted by Gasteiger charge is -2.44. The lowest BCUT2D eigenvalue weighted by atomic mass is 9.97. The number of halogens is 1. The predicted molar refractivity (Wildman–Crippen MR) is 96.8 cm³/mol. The maximum atomic E-state index is 11.8. The fourth-order valence-electron chi connectivity index (χ4n) is 2.98. The fraction of sp³-hybridized carbons (Fsp3) is 0.647. The zero-order chi connectivity index (χ0) is 22.4. The first-order valence-electron chi connectivity index (χ1n) is 8.89. The zero-order valence-corrected chi connectivity index (χ0v) is 17.5. The number of alkyl halides is 1. The van der Waals surface area contributed by atoms with Crippen LogP contribution in [-0.2, 0) is 48.7 Å². The molecule has 0 radical (unpaired) electrons. The molecule has 0 bridgehead atoms. The summed E-state index contributed by atoms with van der Waals surface area (Å²) in [7, 11) is 0. The minimum absolute atomic E-state index is 0.000128. The van der Waals surface area contributed by atoms with Gasteiger partial charge in [-0.05, 0) is 0 Å². The van der Waals surface area contributed by atoms with Crippen molar-refractivity contribution < 1.29 is 42.9 Å². The van der Waals surface area contributed by atoms with Gasteiger partial charge in [-0.1, -0.05) is 5.21 Å². The molecule has 0 N–H and O–H groups in total. The molecule has 1 aromatic heterocycles. The molecule has 12 nitrogen and oxygen atoms in total. The summed E-state index contributed by atoms with van der Waals surface area (Å²) in [6.07, 6.45) is -4.67. The summed E-state index contributed by atoms with van der Waals surface area (Å²) in [5, 5.41) is 7.67. The number of hydrogen-bond acceptors (Lipinski definition) is 11. The van der Waals surface area contributed by atoms with E-state index in [1.165, 1.54) is 17.8 Å². The van der Waals surface area contributed by atoms with E-state index in [0.717, 1.165) is 20.8 Å². The molecular weight excluding hydrogens is 426 g/mol. The molecule has 5 atom stereocenters. The summed E-state index contributed by atoms with van der Waals surface area (Å²) in [4.78, 5) is 46.5. The van der Waals surface area contributed by atoms with Gasteiger partial charge in [-0.15, -0.1) is 16.7 Å². The first-order valence-corrected chi connectivity index (χ1v) is 9.43. The Hall–Kier alpha value is -2.73. The van der Waals surface area contributed by atoms with E-state index in [4.69, 9.17) is 35.3 Å². The van der Waals surface area contributed by atoms with Crippen molar-refractivity contribution in [2.75, 3.05) is 6.61 Å². The Morgan fingerprint density at radius 1 is 0.967 bits per heavy atom. The number of carbonyl (C=O) groups excluding carboxylic acids is 4. The highest BCUT2D eigenvalue weighted by Crippen LogP contribution is 2.35. The number of hydrogen-bond donors (Lipinski definition) is 0. The minimum Gasteiger partial charge on any atom is -0.463 e. The van der Waals surface area contributed by atoms with Gasteiger partial charge in [0, 0.05) is 27.7 Å². The van der Waals surface area contributed by atoms with Crippen LogP contribution >= 0.6 is 11.6 Å². The van der Waals surface area contributed by atoms with E-state index in [0.29, 0.717) is 5.69 Å². The Bertz CT molecular complexity index is 799. The first-order chi connectivity index (χ1) is 14.1. The van der Waals surface area contributed by atoms with Crippen LogP contribution in [0.4, 0.5) is 0 Å². The van der Waals surface area contributed by atoms with Crippen LogP contribution in [0.2, 0.25) is 0 Å². The van der Waals surface area contributed by atoms with Crippen LogP contribution < -0.4 is 0 Å². The second kappa shape index (κ2) is 10.3. The van der Waals surface area contributed by atoms with Crippen molar-refractivity contribution in [3.8, 4) is 0 Å². The second-order valence-corrected chi connectivity index (χ2v) is 6.66. The van der Waals surface area contributed by atoms with Crippen molar-refractivity contribution in [3.05, 3.63) is 11.9 Å². The largest absolute Gasteiger partial charge is 0.463 e. The summed E-state index contributed by atoms with van der Waals surface area (Å²) in [5.74, 6) is -2.75. The Morgan fingerprint density at radius 2 is 1.53 bits per heavy atom. The standard InChI is InChI=1S/C17H22ClN3O9/c1-8(22)26-7-13-14(27-9(2)23)15(28-10(3)24)16(29-11(4)25)17(30-13)21-12(5-18)6-19-20-21/h6,13-17H,5,7H2,1-4H3/t13-,14-,15+,16-,17-/m1/s1. The van der Waals surface area contributed by atoms with E-state index in [9.17, 15) is 19.2 Å². The molecule has 2 heterocycles. The lowest BCUT2D eigenvalue weighted by Crippen LogP contribution is -2.60. The molecule has 1 aromatic rings. The molecule has 0 aromatic carbocycles. The molecule has 0 aliphatic carbocycles. The number of esters is 4. The van der Waals surface area contributed by atoms with Crippen molar-refractivity contribution in [1.82, 2.24) is 15.0 Å². The van der Waals surface area contributed by atoms with Gasteiger partial charge in [0.2, 0.25) is 0 Å². The maximum Gasteiger partial charge on any atom is 0.303 e. The third-order valence-corrected chi connectivity index (χ3v) is 4.27. The monoisotopic (exact) mass is 447 g/mol. The molecular formula is C17H22ClN3O9. The summed E-state index contributed by atoms with van der Waals surface area (Å²) < 4.78 is 28.2. The highest BCUT2D eigenvalue weighted by atomic mass is 35.5. The number of nitrogens with zero attached hydrogens (tertiary/aromatic N) is 3.